The molecule has 0 aliphatic carbocycles. The lowest BCUT2D eigenvalue weighted by Gasteiger charge is -2.36. The lowest BCUT2D eigenvalue weighted by molar-refractivity contribution is -0.925. The summed E-state index contributed by atoms with van der Waals surface area (Å²) in [6.07, 6.45) is 1.04. The average Bonchev–Trinajstić information content (AvgIpc) is 2.87. The minimum atomic E-state index is 0.606. The van der Waals surface area contributed by atoms with Crippen LogP contribution in [0.4, 0.5) is 0 Å². The molecule has 0 saturated heterocycles. The van der Waals surface area contributed by atoms with E-state index in [1.54, 1.807) is 0 Å². The second-order valence-electron chi connectivity index (χ2n) is 8.75. The highest BCUT2D eigenvalue weighted by molar-refractivity contribution is 5.51. The van der Waals surface area contributed by atoms with Gasteiger partial charge in [-0.05, 0) is 58.7 Å². The monoisotopic (exact) mass is 481 g/mol. The number of para-hydroxylation sites is 1. The summed E-state index contributed by atoms with van der Waals surface area (Å²) in [5, 5.41) is 0. The van der Waals surface area contributed by atoms with Gasteiger partial charge in [0.2, 0.25) is 5.75 Å². The van der Waals surface area contributed by atoms with Crippen LogP contribution in [0.2, 0.25) is 0 Å². The first-order valence-corrected chi connectivity index (χ1v) is 13.5. The van der Waals surface area contributed by atoms with E-state index >= 15 is 0 Å². The topological polar surface area (TPSA) is 60.2 Å². The molecule has 0 saturated carbocycles. The van der Waals surface area contributed by atoms with Gasteiger partial charge in [-0.3, -0.25) is 0 Å². The Hall–Kier alpha value is -1.54. The molecule has 0 spiro atoms. The van der Waals surface area contributed by atoms with E-state index in [4.69, 9.17) is 19.9 Å². The van der Waals surface area contributed by atoms with Crippen molar-refractivity contribution < 1.29 is 18.7 Å². The minimum absolute atomic E-state index is 0.606. The van der Waals surface area contributed by atoms with Crippen molar-refractivity contribution >= 4 is 0 Å². The Morgan fingerprint density at radius 3 is 1.68 bits per heavy atom. The molecule has 0 atom stereocenters. The van der Waals surface area contributed by atoms with Crippen molar-refractivity contribution in [3.8, 4) is 17.2 Å². The van der Waals surface area contributed by atoms with E-state index in [-0.39, 0.29) is 0 Å². The second kappa shape index (κ2) is 17.8. The van der Waals surface area contributed by atoms with Crippen LogP contribution in [0.3, 0.4) is 0 Å². The van der Waals surface area contributed by atoms with Gasteiger partial charge in [0.15, 0.2) is 11.5 Å². The maximum absolute atomic E-state index is 6.32. The zero-order valence-electron chi connectivity index (χ0n) is 23.0. The van der Waals surface area contributed by atoms with Gasteiger partial charge in [-0.25, -0.2) is 0 Å². The zero-order valence-corrected chi connectivity index (χ0v) is 23.0. The number of nitrogens with two attached hydrogens (primary N) is 1. The first-order chi connectivity index (χ1) is 16.5. The Morgan fingerprint density at radius 1 is 0.706 bits per heavy atom. The lowest BCUT2D eigenvalue weighted by atomic mass is 10.2. The molecule has 2 N–H and O–H groups in total. The number of hydrogen-bond acceptors (Lipinski definition) is 6. The average molecular weight is 482 g/mol. The molecule has 0 fully saturated rings. The molecule has 0 bridgehead atoms. The van der Waals surface area contributed by atoms with E-state index in [0.717, 1.165) is 100 Å². The van der Waals surface area contributed by atoms with Gasteiger partial charge in [0.05, 0.1) is 19.6 Å². The molecule has 1 aromatic rings. The van der Waals surface area contributed by atoms with E-state index in [2.05, 4.69) is 51.3 Å². The Bertz CT molecular complexity index is 632. The van der Waals surface area contributed by atoms with Crippen LogP contribution in [-0.2, 0) is 0 Å². The summed E-state index contributed by atoms with van der Waals surface area (Å²) in [6.45, 7) is 25.9. The van der Waals surface area contributed by atoms with Crippen LogP contribution >= 0.6 is 0 Å². The third-order valence-corrected chi connectivity index (χ3v) is 7.05. The molecule has 0 amide bonds. The molecule has 0 unspecified atom stereocenters. The third-order valence-electron chi connectivity index (χ3n) is 7.05. The number of ether oxygens (including phenoxy) is 3. The summed E-state index contributed by atoms with van der Waals surface area (Å²) in [5.74, 6) is 2.25. The highest BCUT2D eigenvalue weighted by Gasteiger charge is 2.23. The highest BCUT2D eigenvalue weighted by atomic mass is 16.5. The molecular formula is C27H53N4O3+. The SMILES string of the molecule is CCN(CC)CCOc1cccc(OCC[N+](CC)(CC)CCCN)c1OCCN(CC)CC. The fourth-order valence-corrected chi connectivity index (χ4v) is 4.25. The van der Waals surface area contributed by atoms with Crippen LogP contribution < -0.4 is 19.9 Å². The first kappa shape index (κ1) is 30.5. The minimum Gasteiger partial charge on any atom is -0.488 e. The maximum Gasteiger partial charge on any atom is 0.203 e. The van der Waals surface area contributed by atoms with E-state index in [9.17, 15) is 0 Å². The fourth-order valence-electron chi connectivity index (χ4n) is 4.25. The van der Waals surface area contributed by atoms with E-state index < -0.39 is 0 Å². The van der Waals surface area contributed by atoms with Crippen molar-refractivity contribution in [3.05, 3.63) is 18.2 Å². The number of hydrogen-bond donors (Lipinski definition) is 1. The van der Waals surface area contributed by atoms with Crippen LogP contribution in [0, 0.1) is 0 Å². The molecule has 1 rings (SSSR count). The molecule has 198 valence electrons. The van der Waals surface area contributed by atoms with Crippen LogP contribution in [0.1, 0.15) is 48.0 Å². The van der Waals surface area contributed by atoms with Gasteiger partial charge >= 0.3 is 0 Å². The fraction of sp³-hybridized carbons (Fsp3) is 0.778. The van der Waals surface area contributed by atoms with Gasteiger partial charge in [0.25, 0.3) is 0 Å². The number of nitrogens with zero attached hydrogens (tertiary/aromatic N) is 3. The Morgan fingerprint density at radius 2 is 1.21 bits per heavy atom. The Balaban J connectivity index is 2.92. The molecule has 0 aliphatic rings. The second-order valence-corrected chi connectivity index (χ2v) is 8.75. The normalized spacial score (nSPS) is 11.9. The van der Waals surface area contributed by atoms with Crippen molar-refractivity contribution in [1.82, 2.24) is 9.80 Å². The summed E-state index contributed by atoms with van der Waals surface area (Å²) >= 11 is 0. The summed E-state index contributed by atoms with van der Waals surface area (Å²) in [4.78, 5) is 4.71. The van der Waals surface area contributed by atoms with Crippen molar-refractivity contribution in [2.24, 2.45) is 5.73 Å². The van der Waals surface area contributed by atoms with Crippen molar-refractivity contribution in [1.29, 1.82) is 0 Å². The van der Waals surface area contributed by atoms with Gasteiger partial charge < -0.3 is 34.2 Å². The molecule has 7 heteroatoms. The molecule has 0 heterocycles. The summed E-state index contributed by atoms with van der Waals surface area (Å²) < 4.78 is 19.8. The van der Waals surface area contributed by atoms with E-state index in [1.807, 2.05) is 18.2 Å². The molecule has 0 radical (unpaired) electrons. The van der Waals surface area contributed by atoms with Crippen molar-refractivity contribution in [2.75, 3.05) is 91.8 Å². The van der Waals surface area contributed by atoms with Crippen molar-refractivity contribution in [3.63, 3.8) is 0 Å². The predicted octanol–water partition coefficient (Wildman–Crippen LogP) is 3.71. The molecule has 0 aliphatic heterocycles. The third kappa shape index (κ3) is 10.4. The Labute approximate surface area is 209 Å². The van der Waals surface area contributed by atoms with Gasteiger partial charge in [0.1, 0.15) is 26.4 Å². The van der Waals surface area contributed by atoms with Crippen LogP contribution in [0.25, 0.3) is 0 Å². The molecular weight excluding hydrogens is 428 g/mol. The smallest absolute Gasteiger partial charge is 0.203 e. The van der Waals surface area contributed by atoms with Gasteiger partial charge in [-0.1, -0.05) is 33.8 Å². The zero-order chi connectivity index (χ0) is 25.2. The van der Waals surface area contributed by atoms with Crippen molar-refractivity contribution in [2.45, 2.75) is 48.0 Å². The number of rotatable bonds is 21. The van der Waals surface area contributed by atoms with E-state index in [1.165, 1.54) is 0 Å². The number of benzene rings is 1. The predicted molar refractivity (Wildman–Crippen MR) is 143 cm³/mol. The van der Waals surface area contributed by atoms with Crippen LogP contribution in [0.5, 0.6) is 17.2 Å². The van der Waals surface area contributed by atoms with Crippen LogP contribution in [-0.4, -0.2) is 106 Å². The standard InChI is InChI=1S/C27H53N4O3/c1-7-29(8-2)18-22-32-25-15-13-16-26(27(25)34-23-19-30(9-3)10-4)33-24-21-31(11-5,12-6)20-14-17-28/h13,15-16H,7-12,14,17-24,28H2,1-6H3/q+1. The van der Waals surface area contributed by atoms with Crippen LogP contribution in [0.15, 0.2) is 18.2 Å². The van der Waals surface area contributed by atoms with Gasteiger partial charge in [-0.2, -0.15) is 0 Å². The Kier molecular flexibility index (Phi) is 16.0. The molecule has 1 aromatic carbocycles. The first-order valence-electron chi connectivity index (χ1n) is 13.5. The van der Waals surface area contributed by atoms with E-state index in [0.29, 0.717) is 19.8 Å². The molecule has 0 aromatic heterocycles. The molecule has 7 nitrogen and oxygen atoms in total. The maximum atomic E-state index is 6.32. The quantitative estimate of drug-likeness (QED) is 0.270. The lowest BCUT2D eigenvalue weighted by Crippen LogP contribution is -2.51. The summed E-state index contributed by atoms with van der Waals surface area (Å²) in [7, 11) is 0. The summed E-state index contributed by atoms with van der Waals surface area (Å²) in [5.41, 5.74) is 5.79. The van der Waals surface area contributed by atoms with Gasteiger partial charge in [-0.15, -0.1) is 0 Å². The molecule has 34 heavy (non-hydrogen) atoms. The number of quaternary nitrogens is 1. The largest absolute Gasteiger partial charge is 0.488 e. The van der Waals surface area contributed by atoms with Gasteiger partial charge in [0, 0.05) is 19.5 Å². The highest BCUT2D eigenvalue weighted by Crippen LogP contribution is 2.37. The summed E-state index contributed by atoms with van der Waals surface area (Å²) in [6, 6.07) is 5.98. The number of likely N-dealkylation sites (N-methyl/N-ethyl adjacent to an activating group) is 3.